The number of likely N-dealkylation sites (N-methyl/N-ethyl adjacent to an activating group) is 2. The van der Waals surface area contributed by atoms with Crippen molar-refractivity contribution >= 4 is 5.91 Å². The average Bonchev–Trinajstić information content (AvgIpc) is 2.69. The van der Waals surface area contributed by atoms with E-state index in [1.807, 2.05) is 19.0 Å². The first-order chi connectivity index (χ1) is 8.13. The highest BCUT2D eigenvalue weighted by atomic mass is 16.2. The van der Waals surface area contributed by atoms with E-state index in [2.05, 4.69) is 17.3 Å². The number of hydrogen-bond acceptors (Lipinski definition) is 3. The third kappa shape index (κ3) is 2.63. The Hall–Kier alpha value is -0.610. The van der Waals surface area contributed by atoms with Crippen LogP contribution >= 0.6 is 0 Å². The molecule has 4 nitrogen and oxygen atoms in total. The number of carbonyl (C=O) groups is 1. The minimum absolute atomic E-state index is 0.135. The van der Waals surface area contributed by atoms with E-state index in [4.69, 9.17) is 0 Å². The molecule has 2 rings (SSSR count). The maximum absolute atomic E-state index is 12.0. The molecule has 0 aromatic carbocycles. The smallest absolute Gasteiger partial charge is 0.239 e. The maximum Gasteiger partial charge on any atom is 0.239 e. The van der Waals surface area contributed by atoms with E-state index < -0.39 is 0 Å². The molecule has 1 heterocycles. The lowest BCUT2D eigenvalue weighted by Crippen LogP contribution is -2.47. The zero-order valence-electron chi connectivity index (χ0n) is 11.3. The topological polar surface area (TPSA) is 35.6 Å². The van der Waals surface area contributed by atoms with Gasteiger partial charge in [0.1, 0.15) is 0 Å². The molecule has 0 bridgehead atoms. The number of nitrogens with zero attached hydrogens (tertiary/aromatic N) is 2. The van der Waals surface area contributed by atoms with E-state index in [0.717, 1.165) is 13.0 Å². The van der Waals surface area contributed by atoms with E-state index in [1.54, 1.807) is 0 Å². The van der Waals surface area contributed by atoms with Crippen LogP contribution in [0.3, 0.4) is 0 Å². The Morgan fingerprint density at radius 1 is 1.24 bits per heavy atom. The van der Waals surface area contributed by atoms with E-state index in [0.29, 0.717) is 18.0 Å². The van der Waals surface area contributed by atoms with Crippen LogP contribution in [0.15, 0.2) is 0 Å². The molecule has 1 saturated heterocycles. The van der Waals surface area contributed by atoms with Crippen LogP contribution in [0.1, 0.15) is 32.1 Å². The lowest BCUT2D eigenvalue weighted by atomic mass is 9.89. The lowest BCUT2D eigenvalue weighted by molar-refractivity contribution is -0.131. The van der Waals surface area contributed by atoms with Gasteiger partial charge in [0.15, 0.2) is 0 Å². The second-order valence-electron chi connectivity index (χ2n) is 5.52. The van der Waals surface area contributed by atoms with Gasteiger partial charge in [-0.3, -0.25) is 9.69 Å². The summed E-state index contributed by atoms with van der Waals surface area (Å²) in [6.07, 6.45) is 5.91. The summed E-state index contributed by atoms with van der Waals surface area (Å²) in [6, 6.07) is 1.41. The number of carbonyl (C=O) groups excluding carboxylic acids is 1. The Morgan fingerprint density at radius 2 is 1.88 bits per heavy atom. The van der Waals surface area contributed by atoms with Crippen molar-refractivity contribution in [2.24, 2.45) is 0 Å². The van der Waals surface area contributed by atoms with Crippen molar-refractivity contribution in [3.8, 4) is 0 Å². The molecule has 17 heavy (non-hydrogen) atoms. The lowest BCUT2D eigenvalue weighted by Gasteiger charge is -2.37. The largest absolute Gasteiger partial charge is 0.344 e. The summed E-state index contributed by atoms with van der Waals surface area (Å²) >= 11 is 0. The fraction of sp³-hybridized carbons (Fsp3) is 0.923. The molecule has 0 aromatic rings. The van der Waals surface area contributed by atoms with Gasteiger partial charge in [-0.15, -0.1) is 0 Å². The van der Waals surface area contributed by atoms with Gasteiger partial charge in [-0.1, -0.05) is 0 Å². The highest BCUT2D eigenvalue weighted by molar-refractivity contribution is 5.83. The van der Waals surface area contributed by atoms with Crippen molar-refractivity contribution in [2.75, 3.05) is 27.7 Å². The molecule has 98 valence electrons. The molecule has 1 N–H and O–H groups in total. The summed E-state index contributed by atoms with van der Waals surface area (Å²) in [5.41, 5.74) is 0. The van der Waals surface area contributed by atoms with Crippen molar-refractivity contribution in [1.82, 2.24) is 15.1 Å². The molecule has 2 fully saturated rings. The van der Waals surface area contributed by atoms with Gasteiger partial charge in [0, 0.05) is 25.7 Å². The first kappa shape index (κ1) is 12.8. The second kappa shape index (κ2) is 5.36. The molecule has 0 spiro atoms. The van der Waals surface area contributed by atoms with Crippen LogP contribution in [0, 0.1) is 0 Å². The van der Waals surface area contributed by atoms with Gasteiger partial charge >= 0.3 is 0 Å². The maximum atomic E-state index is 12.0. The van der Waals surface area contributed by atoms with E-state index in [1.165, 1.54) is 25.7 Å². The fourth-order valence-electron chi connectivity index (χ4n) is 3.21. The summed E-state index contributed by atoms with van der Waals surface area (Å²) in [6.45, 7) is 0.916. The van der Waals surface area contributed by atoms with E-state index >= 15 is 0 Å². The summed E-state index contributed by atoms with van der Waals surface area (Å²) in [5.74, 6) is 0.309. The molecule has 0 aromatic heterocycles. The third-order valence-corrected chi connectivity index (χ3v) is 4.57. The highest BCUT2D eigenvalue weighted by Gasteiger charge is 2.36. The molecule has 1 saturated carbocycles. The van der Waals surface area contributed by atoms with Crippen LogP contribution in [-0.2, 0) is 4.79 Å². The van der Waals surface area contributed by atoms with Crippen LogP contribution in [0.2, 0.25) is 0 Å². The number of nitrogens with one attached hydrogen (secondary N) is 1. The second-order valence-corrected chi connectivity index (χ2v) is 5.52. The Balaban J connectivity index is 1.88. The van der Waals surface area contributed by atoms with Gasteiger partial charge in [0.05, 0.1) is 6.04 Å². The predicted octanol–water partition coefficient (Wildman–Crippen LogP) is 0.679. The fourth-order valence-corrected chi connectivity index (χ4v) is 3.21. The summed E-state index contributed by atoms with van der Waals surface area (Å²) < 4.78 is 0. The normalized spacial score (nSPS) is 34.7. The Bertz CT molecular complexity index is 274. The zero-order valence-corrected chi connectivity index (χ0v) is 11.3. The van der Waals surface area contributed by atoms with Crippen molar-refractivity contribution in [2.45, 2.75) is 50.2 Å². The quantitative estimate of drug-likeness (QED) is 0.786. The van der Waals surface area contributed by atoms with Gasteiger partial charge < -0.3 is 10.2 Å². The van der Waals surface area contributed by atoms with Crippen molar-refractivity contribution in [1.29, 1.82) is 0 Å². The molecule has 0 radical (unpaired) electrons. The molecule has 4 heteroatoms. The third-order valence-electron chi connectivity index (χ3n) is 4.57. The molecular weight excluding hydrogens is 214 g/mol. The molecule has 1 aliphatic heterocycles. The van der Waals surface area contributed by atoms with Crippen molar-refractivity contribution < 1.29 is 4.79 Å². The minimum Gasteiger partial charge on any atom is -0.344 e. The zero-order chi connectivity index (χ0) is 12.4. The molecule has 1 unspecified atom stereocenters. The number of amides is 1. The number of rotatable bonds is 3. The standard InChI is InChI=1S/C13H25N3O/c1-14-10-4-6-11(7-5-10)16(3)12-8-9-15(2)13(12)17/h10-12,14H,4-9H2,1-3H3. The average molecular weight is 239 g/mol. The van der Waals surface area contributed by atoms with Gasteiger partial charge in [-0.05, 0) is 46.2 Å². The first-order valence-corrected chi connectivity index (χ1v) is 6.77. The van der Waals surface area contributed by atoms with Gasteiger partial charge in [-0.2, -0.15) is 0 Å². The van der Waals surface area contributed by atoms with E-state index in [-0.39, 0.29) is 6.04 Å². The van der Waals surface area contributed by atoms with E-state index in [9.17, 15) is 4.79 Å². The molecular formula is C13H25N3O. The number of hydrogen-bond donors (Lipinski definition) is 1. The first-order valence-electron chi connectivity index (χ1n) is 6.77. The van der Waals surface area contributed by atoms with Gasteiger partial charge in [0.25, 0.3) is 0 Å². The van der Waals surface area contributed by atoms with Crippen LogP contribution in [0.4, 0.5) is 0 Å². The Kier molecular flexibility index (Phi) is 4.05. The van der Waals surface area contributed by atoms with Crippen LogP contribution < -0.4 is 5.32 Å². The Morgan fingerprint density at radius 3 is 2.35 bits per heavy atom. The van der Waals surface area contributed by atoms with Crippen LogP contribution in [0.25, 0.3) is 0 Å². The van der Waals surface area contributed by atoms with Crippen LogP contribution in [0.5, 0.6) is 0 Å². The monoisotopic (exact) mass is 239 g/mol. The minimum atomic E-state index is 0.135. The van der Waals surface area contributed by atoms with Gasteiger partial charge in [-0.25, -0.2) is 0 Å². The summed E-state index contributed by atoms with van der Waals surface area (Å²) in [7, 11) is 6.09. The molecule has 1 amide bonds. The van der Waals surface area contributed by atoms with Gasteiger partial charge in [0.2, 0.25) is 5.91 Å². The summed E-state index contributed by atoms with van der Waals surface area (Å²) in [4.78, 5) is 16.2. The molecule has 1 aliphatic carbocycles. The predicted molar refractivity (Wildman–Crippen MR) is 68.9 cm³/mol. The Labute approximate surface area is 104 Å². The molecule has 2 aliphatic rings. The SMILES string of the molecule is CNC1CCC(N(C)C2CCN(C)C2=O)CC1. The number of likely N-dealkylation sites (tertiary alicyclic amines) is 1. The molecule has 1 atom stereocenters. The summed E-state index contributed by atoms with van der Waals surface area (Å²) in [5, 5.41) is 3.36. The van der Waals surface area contributed by atoms with Crippen molar-refractivity contribution in [3.63, 3.8) is 0 Å². The van der Waals surface area contributed by atoms with Crippen molar-refractivity contribution in [3.05, 3.63) is 0 Å². The highest BCUT2D eigenvalue weighted by Crippen LogP contribution is 2.26. The van der Waals surface area contributed by atoms with Crippen LogP contribution in [-0.4, -0.2) is 61.5 Å².